The van der Waals surface area contributed by atoms with E-state index < -0.39 is 34.6 Å². The summed E-state index contributed by atoms with van der Waals surface area (Å²) in [6.45, 7) is 2.76. The molecule has 0 saturated carbocycles. The van der Waals surface area contributed by atoms with Gasteiger partial charge in [-0.2, -0.15) is 0 Å². The maximum absolute atomic E-state index is 13.0. The fourth-order valence-corrected chi connectivity index (χ4v) is 4.62. The molecule has 1 aliphatic heterocycles. The summed E-state index contributed by atoms with van der Waals surface area (Å²) in [5, 5.41) is 0. The zero-order chi connectivity index (χ0) is 24.7. The number of esters is 1. The molecule has 1 aliphatic rings. The van der Waals surface area contributed by atoms with Crippen LogP contribution in [0.5, 0.6) is 0 Å². The van der Waals surface area contributed by atoms with Gasteiger partial charge in [-0.05, 0) is 37.3 Å². The fourth-order valence-electron chi connectivity index (χ4n) is 3.37. The van der Waals surface area contributed by atoms with Crippen LogP contribution < -0.4 is 4.31 Å². The number of sulfonamides is 1. The van der Waals surface area contributed by atoms with Crippen LogP contribution in [0.1, 0.15) is 17.3 Å². The zero-order valence-corrected chi connectivity index (χ0v) is 19.9. The van der Waals surface area contributed by atoms with Crippen molar-refractivity contribution in [1.82, 2.24) is 9.80 Å². The molecule has 11 heteroatoms. The molecule has 0 aliphatic carbocycles. The molecule has 0 unspecified atom stereocenters. The van der Waals surface area contributed by atoms with Gasteiger partial charge in [0.15, 0.2) is 6.61 Å². The lowest BCUT2D eigenvalue weighted by atomic mass is 10.2. The highest BCUT2D eigenvalue weighted by Crippen LogP contribution is 2.22. The van der Waals surface area contributed by atoms with Crippen molar-refractivity contribution in [3.8, 4) is 0 Å². The van der Waals surface area contributed by atoms with Gasteiger partial charge in [0.1, 0.15) is 0 Å². The van der Waals surface area contributed by atoms with Gasteiger partial charge in [0.2, 0.25) is 0 Å². The Morgan fingerprint density at radius 1 is 0.912 bits per heavy atom. The molecule has 1 heterocycles. The standard InChI is InChI=1S/C23H27N3O7S/c1-3-32-23(29)26-14-12-25(13-15-26)21(27)17-33-22(28)18-8-7-11-20(16-18)34(30,31)24(2)19-9-5-4-6-10-19/h4-11,16H,3,12-15,17H2,1-2H3. The van der Waals surface area contributed by atoms with Gasteiger partial charge >= 0.3 is 12.1 Å². The fraction of sp³-hybridized carbons (Fsp3) is 0.348. The Kier molecular flexibility index (Phi) is 8.11. The molecule has 0 N–H and O–H groups in total. The largest absolute Gasteiger partial charge is 0.452 e. The minimum absolute atomic E-state index is 0.0162. The van der Waals surface area contributed by atoms with Crippen LogP contribution in [-0.2, 0) is 24.3 Å². The first kappa shape index (κ1) is 25.0. The molecule has 0 spiro atoms. The summed E-state index contributed by atoms with van der Waals surface area (Å²) in [6.07, 6.45) is -0.422. The van der Waals surface area contributed by atoms with E-state index in [1.54, 1.807) is 37.3 Å². The first-order valence-electron chi connectivity index (χ1n) is 10.7. The van der Waals surface area contributed by atoms with Crippen LogP contribution in [-0.4, -0.2) is 82.6 Å². The predicted molar refractivity (Wildman–Crippen MR) is 124 cm³/mol. The van der Waals surface area contributed by atoms with Crippen LogP contribution in [0.15, 0.2) is 59.5 Å². The highest BCUT2D eigenvalue weighted by Gasteiger charge is 2.26. The van der Waals surface area contributed by atoms with E-state index >= 15 is 0 Å². The van der Waals surface area contributed by atoms with Crippen molar-refractivity contribution in [2.75, 3.05) is 50.7 Å². The number of benzene rings is 2. The van der Waals surface area contributed by atoms with E-state index in [0.29, 0.717) is 31.9 Å². The third kappa shape index (κ3) is 5.84. The smallest absolute Gasteiger partial charge is 0.409 e. The molecule has 182 valence electrons. The van der Waals surface area contributed by atoms with E-state index in [2.05, 4.69) is 0 Å². The Labute approximate surface area is 198 Å². The lowest BCUT2D eigenvalue weighted by Gasteiger charge is -2.33. The SMILES string of the molecule is CCOC(=O)N1CCN(C(=O)COC(=O)c2cccc(S(=O)(=O)N(C)c3ccccc3)c2)CC1. The number of carbonyl (C=O) groups is 3. The minimum atomic E-state index is -3.91. The Morgan fingerprint density at radius 3 is 2.21 bits per heavy atom. The highest BCUT2D eigenvalue weighted by atomic mass is 32.2. The third-order valence-electron chi connectivity index (χ3n) is 5.33. The van der Waals surface area contributed by atoms with E-state index in [0.717, 1.165) is 4.31 Å². The summed E-state index contributed by atoms with van der Waals surface area (Å²) < 4.78 is 37.1. The molecular formula is C23H27N3O7S. The maximum atomic E-state index is 13.0. The number of anilines is 1. The Balaban J connectivity index is 1.58. The van der Waals surface area contributed by atoms with E-state index in [-0.39, 0.29) is 17.1 Å². The van der Waals surface area contributed by atoms with Crippen molar-refractivity contribution in [1.29, 1.82) is 0 Å². The van der Waals surface area contributed by atoms with Gasteiger partial charge in [0.05, 0.1) is 22.8 Å². The number of carbonyl (C=O) groups excluding carboxylic acids is 3. The van der Waals surface area contributed by atoms with Gasteiger partial charge < -0.3 is 19.3 Å². The summed E-state index contributed by atoms with van der Waals surface area (Å²) in [4.78, 5) is 39.6. The second-order valence-electron chi connectivity index (χ2n) is 7.48. The highest BCUT2D eigenvalue weighted by molar-refractivity contribution is 7.92. The number of para-hydroxylation sites is 1. The zero-order valence-electron chi connectivity index (χ0n) is 19.0. The first-order valence-corrected chi connectivity index (χ1v) is 12.2. The average molecular weight is 490 g/mol. The van der Waals surface area contributed by atoms with Crippen molar-refractivity contribution < 1.29 is 32.3 Å². The minimum Gasteiger partial charge on any atom is -0.452 e. The normalized spacial score (nSPS) is 13.8. The number of rotatable bonds is 7. The van der Waals surface area contributed by atoms with E-state index in [4.69, 9.17) is 9.47 Å². The van der Waals surface area contributed by atoms with Crippen LogP contribution in [0, 0.1) is 0 Å². The topological polar surface area (TPSA) is 114 Å². The second kappa shape index (κ2) is 11.0. The van der Waals surface area contributed by atoms with E-state index in [1.165, 1.54) is 41.1 Å². The number of hydrogen-bond donors (Lipinski definition) is 0. The van der Waals surface area contributed by atoms with Gasteiger partial charge in [-0.1, -0.05) is 24.3 Å². The molecule has 2 amide bonds. The van der Waals surface area contributed by atoms with Crippen molar-refractivity contribution in [3.05, 3.63) is 60.2 Å². The maximum Gasteiger partial charge on any atom is 0.409 e. The summed E-state index contributed by atoms with van der Waals surface area (Å²) in [5.41, 5.74) is 0.492. The molecule has 2 aromatic rings. The molecule has 2 aromatic carbocycles. The average Bonchev–Trinajstić information content (AvgIpc) is 2.87. The number of amides is 2. The van der Waals surface area contributed by atoms with Crippen LogP contribution in [0.3, 0.4) is 0 Å². The number of hydrogen-bond acceptors (Lipinski definition) is 7. The van der Waals surface area contributed by atoms with Gasteiger partial charge in [-0.3, -0.25) is 9.10 Å². The van der Waals surface area contributed by atoms with Gasteiger partial charge in [-0.15, -0.1) is 0 Å². The Bertz CT molecular complexity index is 1130. The number of piperazine rings is 1. The van der Waals surface area contributed by atoms with Crippen molar-refractivity contribution in [2.45, 2.75) is 11.8 Å². The van der Waals surface area contributed by atoms with Crippen molar-refractivity contribution in [3.63, 3.8) is 0 Å². The molecule has 0 bridgehead atoms. The molecule has 10 nitrogen and oxygen atoms in total. The summed E-state index contributed by atoms with van der Waals surface area (Å²) in [6, 6.07) is 14.0. The second-order valence-corrected chi connectivity index (χ2v) is 9.45. The predicted octanol–water partition coefficient (Wildman–Crippen LogP) is 1.97. The number of nitrogens with zero attached hydrogens (tertiary/aromatic N) is 3. The molecule has 1 saturated heterocycles. The van der Waals surface area contributed by atoms with Gasteiger partial charge in [0, 0.05) is 33.2 Å². The van der Waals surface area contributed by atoms with Crippen molar-refractivity contribution >= 4 is 33.7 Å². The monoisotopic (exact) mass is 489 g/mol. The number of ether oxygens (including phenoxy) is 2. The summed E-state index contributed by atoms with van der Waals surface area (Å²) in [5.74, 6) is -1.21. The van der Waals surface area contributed by atoms with Crippen LogP contribution in [0.4, 0.5) is 10.5 Å². The van der Waals surface area contributed by atoms with Gasteiger partial charge in [-0.25, -0.2) is 18.0 Å². The van der Waals surface area contributed by atoms with Crippen LogP contribution in [0.2, 0.25) is 0 Å². The molecule has 3 rings (SSSR count). The molecule has 0 aromatic heterocycles. The summed E-state index contributed by atoms with van der Waals surface area (Å²) >= 11 is 0. The van der Waals surface area contributed by atoms with E-state index in [9.17, 15) is 22.8 Å². The first-order chi connectivity index (χ1) is 16.2. The molecule has 34 heavy (non-hydrogen) atoms. The molecule has 0 radical (unpaired) electrons. The molecular weight excluding hydrogens is 462 g/mol. The van der Waals surface area contributed by atoms with Gasteiger partial charge in [0.25, 0.3) is 15.9 Å². The Morgan fingerprint density at radius 2 is 1.56 bits per heavy atom. The molecule has 1 fully saturated rings. The van der Waals surface area contributed by atoms with Crippen LogP contribution >= 0.6 is 0 Å². The third-order valence-corrected chi connectivity index (χ3v) is 7.11. The summed E-state index contributed by atoms with van der Waals surface area (Å²) in [7, 11) is -2.48. The lowest BCUT2D eigenvalue weighted by molar-refractivity contribution is -0.136. The van der Waals surface area contributed by atoms with Crippen molar-refractivity contribution in [2.24, 2.45) is 0 Å². The lowest BCUT2D eigenvalue weighted by Crippen LogP contribution is -2.51. The van der Waals surface area contributed by atoms with Crippen LogP contribution in [0.25, 0.3) is 0 Å². The quantitative estimate of drug-likeness (QED) is 0.547. The molecule has 0 atom stereocenters. The van der Waals surface area contributed by atoms with E-state index in [1.807, 2.05) is 0 Å². The Hall–Kier alpha value is -3.60.